The zero-order valence-electron chi connectivity index (χ0n) is 6.04. The molecule has 0 saturated carbocycles. The van der Waals surface area contributed by atoms with E-state index in [0.29, 0.717) is 0 Å². The van der Waals surface area contributed by atoms with Crippen LogP contribution in [-0.4, -0.2) is 12.5 Å². The Bertz CT molecular complexity index is 324. The first-order valence-electron chi connectivity index (χ1n) is 3.11. The predicted octanol–water partition coefficient (Wildman–Crippen LogP) is 0.351. The smallest absolute Gasteiger partial charge is 0.311 e. The highest BCUT2D eigenvalue weighted by Gasteiger charge is 2.25. The van der Waals surface area contributed by atoms with E-state index in [2.05, 4.69) is 0 Å². The average Bonchev–Trinajstić information content (AvgIpc) is 2.13. The Hall–Kier alpha value is -1.11. The van der Waals surface area contributed by atoms with Crippen molar-refractivity contribution in [2.45, 2.75) is 0 Å². The summed E-state index contributed by atoms with van der Waals surface area (Å²) >= 11 is 0. The van der Waals surface area contributed by atoms with Gasteiger partial charge in [0.15, 0.2) is 29.1 Å². The van der Waals surface area contributed by atoms with E-state index in [1.807, 2.05) is 0 Å². The van der Waals surface area contributed by atoms with Crippen molar-refractivity contribution < 1.29 is 27.0 Å². The fourth-order valence-electron chi connectivity index (χ4n) is 0.789. The Labute approximate surface area is 70.1 Å². The summed E-state index contributed by atoms with van der Waals surface area (Å²) in [5.74, 6) is -10.3. The van der Waals surface area contributed by atoms with E-state index in [0.717, 1.165) is 0 Å². The molecule has 0 aliphatic carbocycles. The lowest BCUT2D eigenvalue weighted by Gasteiger charge is -2.03. The van der Waals surface area contributed by atoms with Crippen LogP contribution in [0.5, 0.6) is 0 Å². The standard InChI is InChI=1S/C6H2BF5O/c8-2-1(7-13)3(9)5(11)6(12)4(2)10/h7,13H. The van der Waals surface area contributed by atoms with Crippen LogP contribution in [0.1, 0.15) is 0 Å². The van der Waals surface area contributed by atoms with E-state index in [1.165, 1.54) is 0 Å². The molecule has 1 aromatic rings. The Morgan fingerprint density at radius 3 is 1.31 bits per heavy atom. The molecule has 0 heterocycles. The summed E-state index contributed by atoms with van der Waals surface area (Å²) in [5, 5.41) is 8.30. The zero-order valence-corrected chi connectivity index (χ0v) is 6.04. The van der Waals surface area contributed by atoms with Crippen LogP contribution in [0.4, 0.5) is 22.0 Å². The minimum Gasteiger partial charge on any atom is -0.449 e. The molecule has 7 heteroatoms. The summed E-state index contributed by atoms with van der Waals surface area (Å²) in [7, 11) is -1.24. The molecule has 1 N–H and O–H groups in total. The lowest BCUT2D eigenvalue weighted by molar-refractivity contribution is 0.383. The number of halogens is 5. The van der Waals surface area contributed by atoms with Crippen LogP contribution in [0.3, 0.4) is 0 Å². The molecule has 0 aliphatic heterocycles. The summed E-state index contributed by atoms with van der Waals surface area (Å²) < 4.78 is 62.0. The summed E-state index contributed by atoms with van der Waals surface area (Å²) in [6, 6.07) is 0. The van der Waals surface area contributed by atoms with Gasteiger partial charge >= 0.3 is 7.48 Å². The minimum absolute atomic E-state index is 1.23. The Kier molecular flexibility index (Phi) is 2.56. The SMILES string of the molecule is OBc1c(F)c(F)c(F)c(F)c1F. The van der Waals surface area contributed by atoms with Crippen molar-refractivity contribution in [2.75, 3.05) is 0 Å². The first-order valence-corrected chi connectivity index (χ1v) is 3.11. The maximum absolute atomic E-state index is 12.5. The number of benzene rings is 1. The maximum atomic E-state index is 12.5. The average molecular weight is 196 g/mol. The monoisotopic (exact) mass is 196 g/mol. The van der Waals surface area contributed by atoms with Crippen molar-refractivity contribution in [3.8, 4) is 0 Å². The third-order valence-corrected chi connectivity index (χ3v) is 1.46. The first kappa shape index (κ1) is 9.98. The molecular weight excluding hydrogens is 194 g/mol. The fourth-order valence-corrected chi connectivity index (χ4v) is 0.789. The molecule has 0 saturated heterocycles. The van der Waals surface area contributed by atoms with Crippen LogP contribution < -0.4 is 5.46 Å². The van der Waals surface area contributed by atoms with Crippen LogP contribution in [-0.2, 0) is 0 Å². The minimum atomic E-state index is -2.23. The van der Waals surface area contributed by atoms with E-state index >= 15 is 0 Å². The second-order valence-electron chi connectivity index (χ2n) is 2.21. The molecule has 0 aliphatic rings. The highest BCUT2D eigenvalue weighted by atomic mass is 19.2. The largest absolute Gasteiger partial charge is 0.449 e. The van der Waals surface area contributed by atoms with Gasteiger partial charge in [-0.2, -0.15) is 0 Å². The summed E-state index contributed by atoms with van der Waals surface area (Å²) in [6.45, 7) is 0. The van der Waals surface area contributed by atoms with Crippen molar-refractivity contribution >= 4 is 12.9 Å². The summed E-state index contributed by atoms with van der Waals surface area (Å²) in [4.78, 5) is 0. The molecule has 0 bridgehead atoms. The van der Waals surface area contributed by atoms with Crippen LogP contribution >= 0.6 is 0 Å². The molecule has 0 amide bonds. The second-order valence-corrected chi connectivity index (χ2v) is 2.21. The molecule has 1 nitrogen and oxygen atoms in total. The van der Waals surface area contributed by atoms with Crippen LogP contribution in [0.15, 0.2) is 0 Å². The van der Waals surface area contributed by atoms with Crippen molar-refractivity contribution in [2.24, 2.45) is 0 Å². The number of hydrogen-bond acceptors (Lipinski definition) is 1. The molecule has 0 spiro atoms. The van der Waals surface area contributed by atoms with Gasteiger partial charge in [0, 0.05) is 5.46 Å². The van der Waals surface area contributed by atoms with E-state index in [1.54, 1.807) is 0 Å². The zero-order chi connectivity index (χ0) is 10.2. The molecule has 0 unspecified atom stereocenters. The predicted molar refractivity (Wildman–Crippen MR) is 35.2 cm³/mol. The maximum Gasteiger partial charge on any atom is 0.311 e. The van der Waals surface area contributed by atoms with E-state index in [-0.39, 0.29) is 0 Å². The first-order chi connectivity index (χ1) is 6.00. The highest BCUT2D eigenvalue weighted by Crippen LogP contribution is 2.15. The van der Waals surface area contributed by atoms with Gasteiger partial charge in [-0.1, -0.05) is 0 Å². The van der Waals surface area contributed by atoms with E-state index < -0.39 is 42.0 Å². The third kappa shape index (κ3) is 1.39. The van der Waals surface area contributed by atoms with Crippen LogP contribution in [0.25, 0.3) is 0 Å². The molecule has 70 valence electrons. The summed E-state index contributed by atoms with van der Waals surface area (Å²) in [6.07, 6.45) is 0. The van der Waals surface area contributed by atoms with Crippen molar-refractivity contribution in [3.63, 3.8) is 0 Å². The summed E-state index contributed by atoms with van der Waals surface area (Å²) in [5.41, 5.74) is -1.23. The Morgan fingerprint density at radius 1 is 0.692 bits per heavy atom. The molecule has 0 atom stereocenters. The van der Waals surface area contributed by atoms with Gasteiger partial charge in [-0.3, -0.25) is 0 Å². The van der Waals surface area contributed by atoms with Gasteiger partial charge in [-0.15, -0.1) is 0 Å². The van der Waals surface area contributed by atoms with Gasteiger partial charge in [0.1, 0.15) is 0 Å². The molecule has 1 aromatic carbocycles. The lowest BCUT2D eigenvalue weighted by atomic mass is 9.87. The van der Waals surface area contributed by atoms with Crippen molar-refractivity contribution in [3.05, 3.63) is 29.1 Å². The fraction of sp³-hybridized carbons (Fsp3) is 0. The topological polar surface area (TPSA) is 20.2 Å². The molecule has 1 rings (SSSR count). The molecule has 13 heavy (non-hydrogen) atoms. The van der Waals surface area contributed by atoms with Gasteiger partial charge in [-0.25, -0.2) is 22.0 Å². The molecule has 0 fully saturated rings. The van der Waals surface area contributed by atoms with Gasteiger partial charge in [0.05, 0.1) is 0 Å². The van der Waals surface area contributed by atoms with Gasteiger partial charge < -0.3 is 5.02 Å². The van der Waals surface area contributed by atoms with Crippen LogP contribution in [0.2, 0.25) is 0 Å². The third-order valence-electron chi connectivity index (χ3n) is 1.46. The molecule has 0 radical (unpaired) electrons. The van der Waals surface area contributed by atoms with Gasteiger partial charge in [0.2, 0.25) is 0 Å². The number of hydrogen-bond donors (Lipinski definition) is 1. The van der Waals surface area contributed by atoms with Gasteiger partial charge in [-0.05, 0) is 0 Å². The van der Waals surface area contributed by atoms with E-state index in [4.69, 9.17) is 5.02 Å². The number of rotatable bonds is 1. The lowest BCUT2D eigenvalue weighted by Crippen LogP contribution is -2.27. The Balaban J connectivity index is 3.56. The van der Waals surface area contributed by atoms with E-state index in [9.17, 15) is 22.0 Å². The molecular formula is C6H2BF5O. The normalized spacial score (nSPS) is 10.3. The Morgan fingerprint density at radius 2 is 1.00 bits per heavy atom. The molecule has 0 aromatic heterocycles. The van der Waals surface area contributed by atoms with Crippen LogP contribution in [0, 0.1) is 29.1 Å². The van der Waals surface area contributed by atoms with Crippen molar-refractivity contribution in [1.29, 1.82) is 0 Å². The quantitative estimate of drug-likeness (QED) is 0.297. The second kappa shape index (κ2) is 3.33. The van der Waals surface area contributed by atoms with Crippen molar-refractivity contribution in [1.82, 2.24) is 0 Å². The van der Waals surface area contributed by atoms with Gasteiger partial charge in [0.25, 0.3) is 0 Å². The highest BCUT2D eigenvalue weighted by molar-refractivity contribution is 6.45.